The minimum Gasteiger partial charge on any atom is -0.480 e. The molecule has 1 heterocycles. The average molecular weight is 637 g/mol. The van der Waals surface area contributed by atoms with E-state index >= 15 is 0 Å². The Morgan fingerprint density at radius 1 is 0.688 bits per heavy atom. The van der Waals surface area contributed by atoms with Crippen molar-refractivity contribution in [2.75, 3.05) is 4.90 Å². The molecule has 1 aromatic heterocycles. The predicted molar refractivity (Wildman–Crippen MR) is 188 cm³/mol. The van der Waals surface area contributed by atoms with Crippen molar-refractivity contribution < 1.29 is 24.2 Å². The first kappa shape index (κ1) is 32.0. The lowest BCUT2D eigenvalue weighted by Gasteiger charge is -2.29. The van der Waals surface area contributed by atoms with Gasteiger partial charge in [-0.25, -0.2) is 4.79 Å². The number of carboxylic acids is 1. The Bertz CT molecular complexity index is 2020. The largest absolute Gasteiger partial charge is 0.480 e. The number of carbonyl (C=O) groups excluding carboxylic acids is 1. The Labute approximate surface area is 280 Å². The molecular weight excluding hydrogens is 600 g/mol. The van der Waals surface area contributed by atoms with Gasteiger partial charge in [0.1, 0.15) is 34.7 Å². The fourth-order valence-corrected chi connectivity index (χ4v) is 5.44. The molecule has 0 aliphatic heterocycles. The number of para-hydroxylation sites is 2. The zero-order valence-electron chi connectivity index (χ0n) is 27.0. The van der Waals surface area contributed by atoms with Crippen LogP contribution < -0.4 is 14.4 Å². The van der Waals surface area contributed by atoms with Crippen LogP contribution in [-0.2, 0) is 16.6 Å². The van der Waals surface area contributed by atoms with Crippen molar-refractivity contribution in [3.63, 3.8) is 0 Å². The van der Waals surface area contributed by atoms with Gasteiger partial charge in [-0.05, 0) is 88.7 Å². The highest BCUT2D eigenvalue weighted by Crippen LogP contribution is 2.30. The minimum absolute atomic E-state index is 0.0482. The van der Waals surface area contributed by atoms with E-state index in [1.54, 1.807) is 48.7 Å². The second kappa shape index (κ2) is 13.8. The fraction of sp³-hybridized carbons (Fsp3) is 0.146. The van der Waals surface area contributed by atoms with Gasteiger partial charge in [0.25, 0.3) is 5.91 Å². The Morgan fingerprint density at radius 2 is 1.25 bits per heavy atom. The number of amides is 1. The van der Waals surface area contributed by atoms with Crippen molar-refractivity contribution >= 4 is 28.3 Å². The van der Waals surface area contributed by atoms with Crippen molar-refractivity contribution in [2.24, 2.45) is 0 Å². The Hall–Kier alpha value is -5.95. The average Bonchev–Trinajstić information content (AvgIpc) is 3.09. The molecule has 0 saturated heterocycles. The summed E-state index contributed by atoms with van der Waals surface area (Å²) < 4.78 is 12.0. The smallest absolute Gasteiger partial charge is 0.327 e. The van der Waals surface area contributed by atoms with Crippen molar-refractivity contribution in [3.05, 3.63) is 156 Å². The van der Waals surface area contributed by atoms with Crippen molar-refractivity contribution in [1.82, 2.24) is 4.98 Å². The molecule has 0 aliphatic carbocycles. The standard InChI is InChI=1S/C41H36N2O5/c1-41(2,3)31-17-22-35(23-18-31)48-36-21-16-29-26-37(42-27-30(29)25-36)39(44)43(32-10-6-4-7-11-32)38(40(45)46)24-28-14-19-34(20-15-28)47-33-12-8-5-9-13-33/h4-23,25-27,38H,24H2,1-3H3,(H,45,46)/t38-/m0/s1. The molecule has 1 N–H and O–H groups in total. The highest BCUT2D eigenvalue weighted by molar-refractivity contribution is 6.09. The van der Waals surface area contributed by atoms with Crippen LogP contribution in [0.2, 0.25) is 0 Å². The lowest BCUT2D eigenvalue weighted by molar-refractivity contribution is -0.138. The quantitative estimate of drug-likeness (QED) is 0.161. The highest BCUT2D eigenvalue weighted by Gasteiger charge is 2.33. The summed E-state index contributed by atoms with van der Waals surface area (Å²) in [6, 6.07) is 39.5. The van der Waals surface area contributed by atoms with E-state index in [4.69, 9.17) is 9.47 Å². The van der Waals surface area contributed by atoms with E-state index in [0.29, 0.717) is 22.9 Å². The van der Waals surface area contributed by atoms with Crippen LogP contribution in [0.25, 0.3) is 10.8 Å². The van der Waals surface area contributed by atoms with Crippen molar-refractivity contribution in [3.8, 4) is 23.0 Å². The molecule has 6 aromatic rings. The molecule has 7 heteroatoms. The van der Waals surface area contributed by atoms with E-state index in [-0.39, 0.29) is 17.5 Å². The van der Waals surface area contributed by atoms with Crippen LogP contribution in [0.1, 0.15) is 42.4 Å². The first-order valence-electron chi connectivity index (χ1n) is 15.8. The lowest BCUT2D eigenvalue weighted by atomic mass is 9.87. The Balaban J connectivity index is 1.24. The molecule has 0 spiro atoms. The topological polar surface area (TPSA) is 89.0 Å². The molecular formula is C41H36N2O5. The molecule has 1 atom stereocenters. The van der Waals surface area contributed by atoms with Crippen LogP contribution in [0.4, 0.5) is 5.69 Å². The number of aliphatic carboxylic acids is 1. The van der Waals surface area contributed by atoms with E-state index in [2.05, 4.69) is 37.9 Å². The van der Waals surface area contributed by atoms with Gasteiger partial charge in [-0.2, -0.15) is 0 Å². The van der Waals surface area contributed by atoms with Gasteiger partial charge >= 0.3 is 5.97 Å². The molecule has 6 rings (SSSR count). The third-order valence-electron chi connectivity index (χ3n) is 8.05. The molecule has 0 fully saturated rings. The number of carbonyl (C=O) groups is 2. The maximum Gasteiger partial charge on any atom is 0.327 e. The van der Waals surface area contributed by atoms with Crippen LogP contribution in [-0.4, -0.2) is 28.0 Å². The molecule has 5 aromatic carbocycles. The maximum atomic E-state index is 14.1. The maximum absolute atomic E-state index is 14.1. The number of nitrogens with zero attached hydrogens (tertiary/aromatic N) is 2. The SMILES string of the molecule is CC(C)(C)c1ccc(Oc2ccc3cc(C(=O)N(c4ccccc4)[C@@H](Cc4ccc(Oc5ccccc5)cc4)C(=O)O)ncc3c2)cc1. The summed E-state index contributed by atoms with van der Waals surface area (Å²) in [5.41, 5.74) is 2.60. The Morgan fingerprint density at radius 3 is 1.88 bits per heavy atom. The predicted octanol–water partition coefficient (Wildman–Crippen LogP) is 9.46. The number of hydrogen-bond acceptors (Lipinski definition) is 5. The second-order valence-corrected chi connectivity index (χ2v) is 12.6. The molecule has 0 bridgehead atoms. The van der Waals surface area contributed by atoms with Crippen molar-refractivity contribution in [1.29, 1.82) is 0 Å². The number of ether oxygens (including phenoxy) is 2. The zero-order valence-corrected chi connectivity index (χ0v) is 27.0. The van der Waals surface area contributed by atoms with E-state index < -0.39 is 17.9 Å². The van der Waals surface area contributed by atoms with Gasteiger partial charge in [0.15, 0.2) is 0 Å². The number of rotatable bonds is 10. The fourth-order valence-electron chi connectivity index (χ4n) is 5.44. The molecule has 0 unspecified atom stereocenters. The number of carboxylic acid groups (broad SMARTS) is 1. The van der Waals surface area contributed by atoms with Gasteiger partial charge in [0, 0.05) is 23.7 Å². The van der Waals surface area contributed by atoms with E-state index in [9.17, 15) is 14.7 Å². The molecule has 240 valence electrons. The third-order valence-corrected chi connectivity index (χ3v) is 8.05. The van der Waals surface area contributed by atoms with Gasteiger partial charge in [-0.3, -0.25) is 14.7 Å². The molecule has 0 saturated carbocycles. The first-order chi connectivity index (χ1) is 23.1. The van der Waals surface area contributed by atoms with Gasteiger partial charge in [-0.1, -0.05) is 87.5 Å². The molecule has 0 radical (unpaired) electrons. The van der Waals surface area contributed by atoms with Gasteiger partial charge < -0.3 is 14.6 Å². The van der Waals surface area contributed by atoms with E-state index in [1.165, 1.54) is 10.5 Å². The van der Waals surface area contributed by atoms with Crippen LogP contribution in [0.3, 0.4) is 0 Å². The van der Waals surface area contributed by atoms with Gasteiger partial charge in [0.2, 0.25) is 0 Å². The third kappa shape index (κ3) is 7.53. The number of benzene rings is 5. The van der Waals surface area contributed by atoms with Crippen LogP contribution in [0.15, 0.2) is 140 Å². The summed E-state index contributed by atoms with van der Waals surface area (Å²) in [6.07, 6.45) is 1.69. The minimum atomic E-state index is -1.20. The van der Waals surface area contributed by atoms with Gasteiger partial charge in [0.05, 0.1) is 0 Å². The Kier molecular flexibility index (Phi) is 9.21. The van der Waals surface area contributed by atoms with Crippen LogP contribution in [0.5, 0.6) is 23.0 Å². The summed E-state index contributed by atoms with van der Waals surface area (Å²) in [6.45, 7) is 6.50. The van der Waals surface area contributed by atoms with Gasteiger partial charge in [-0.15, -0.1) is 0 Å². The molecule has 7 nitrogen and oxygen atoms in total. The van der Waals surface area contributed by atoms with Crippen LogP contribution >= 0.6 is 0 Å². The summed E-state index contributed by atoms with van der Waals surface area (Å²) in [4.78, 5) is 32.7. The van der Waals surface area contributed by atoms with Crippen molar-refractivity contribution in [2.45, 2.75) is 38.6 Å². The van der Waals surface area contributed by atoms with E-state index in [1.807, 2.05) is 78.9 Å². The summed E-state index contributed by atoms with van der Waals surface area (Å²) in [7, 11) is 0. The number of aromatic nitrogens is 1. The summed E-state index contributed by atoms with van der Waals surface area (Å²) >= 11 is 0. The molecule has 48 heavy (non-hydrogen) atoms. The first-order valence-corrected chi connectivity index (χ1v) is 15.8. The lowest BCUT2D eigenvalue weighted by Crippen LogP contribution is -2.47. The molecule has 1 amide bonds. The molecule has 0 aliphatic rings. The number of fused-ring (bicyclic) bond motifs is 1. The zero-order chi connectivity index (χ0) is 33.7. The normalized spacial score (nSPS) is 11.9. The van der Waals surface area contributed by atoms with Crippen LogP contribution in [0, 0.1) is 0 Å². The highest BCUT2D eigenvalue weighted by atomic mass is 16.5. The number of hydrogen-bond donors (Lipinski definition) is 1. The number of anilines is 1. The van der Waals surface area contributed by atoms with E-state index in [0.717, 1.165) is 22.1 Å². The second-order valence-electron chi connectivity index (χ2n) is 12.6. The number of pyridine rings is 1. The monoisotopic (exact) mass is 636 g/mol. The summed E-state index contributed by atoms with van der Waals surface area (Å²) in [5, 5.41) is 12.0. The summed E-state index contributed by atoms with van der Waals surface area (Å²) in [5.74, 6) is 1.04.